The molecule has 0 aliphatic carbocycles. The van der Waals surface area contributed by atoms with Crippen LogP contribution in [-0.2, 0) is 0 Å². The molecule has 0 amide bonds. The van der Waals surface area contributed by atoms with Crippen molar-refractivity contribution in [3.8, 4) is 0 Å². The highest BCUT2D eigenvalue weighted by molar-refractivity contribution is 4.90. The second-order valence-electron chi connectivity index (χ2n) is 5.06. The Balaban J connectivity index is 4.89. The molecular formula is C10H22O2. The summed E-state index contributed by atoms with van der Waals surface area (Å²) >= 11 is 0. The molecule has 1 unspecified atom stereocenters. The molecule has 0 fully saturated rings. The molecular weight excluding hydrogens is 152 g/mol. The van der Waals surface area contributed by atoms with E-state index in [1.54, 1.807) is 0 Å². The Morgan fingerprint density at radius 2 is 1.25 bits per heavy atom. The highest BCUT2D eigenvalue weighted by Gasteiger charge is 2.45. The first-order chi connectivity index (χ1) is 5.14. The molecule has 0 aromatic carbocycles. The molecule has 0 aromatic rings. The third-order valence-electron chi connectivity index (χ3n) is 3.35. The Hall–Kier alpha value is -0.0800. The highest BCUT2D eigenvalue weighted by Crippen LogP contribution is 2.46. The summed E-state index contributed by atoms with van der Waals surface area (Å²) in [5.41, 5.74) is -0.553. The summed E-state index contributed by atoms with van der Waals surface area (Å²) in [5.74, 6) is 0.248. The van der Waals surface area contributed by atoms with E-state index in [1.807, 2.05) is 41.5 Å². The maximum absolute atomic E-state index is 9.33. The van der Waals surface area contributed by atoms with Gasteiger partial charge >= 0.3 is 0 Å². The van der Waals surface area contributed by atoms with Crippen LogP contribution in [0.15, 0.2) is 0 Å². The van der Waals surface area contributed by atoms with Gasteiger partial charge in [-0.2, -0.15) is 0 Å². The standard InChI is InChI=1S/C10H22O2/c1-7(2)10(6,8(11)12)9(3,4)5/h7-8,11-12H,1-6H3. The fraction of sp³-hybridized carbons (Fsp3) is 1.00. The number of aliphatic hydroxyl groups excluding tert-OH is 1. The van der Waals surface area contributed by atoms with Crippen LogP contribution in [0, 0.1) is 16.7 Å². The summed E-state index contributed by atoms with van der Waals surface area (Å²) in [6, 6.07) is 0. The van der Waals surface area contributed by atoms with Crippen molar-refractivity contribution in [1.82, 2.24) is 0 Å². The number of hydrogen-bond donors (Lipinski definition) is 2. The Morgan fingerprint density at radius 3 is 1.25 bits per heavy atom. The first-order valence-electron chi connectivity index (χ1n) is 4.50. The van der Waals surface area contributed by atoms with Gasteiger partial charge < -0.3 is 10.2 Å². The van der Waals surface area contributed by atoms with Crippen molar-refractivity contribution in [3.05, 3.63) is 0 Å². The molecule has 12 heavy (non-hydrogen) atoms. The molecule has 74 valence electrons. The molecule has 0 rings (SSSR count). The van der Waals surface area contributed by atoms with Crippen LogP contribution in [0.5, 0.6) is 0 Å². The van der Waals surface area contributed by atoms with Crippen molar-refractivity contribution in [3.63, 3.8) is 0 Å². The Bertz CT molecular complexity index is 134. The van der Waals surface area contributed by atoms with Crippen molar-refractivity contribution in [2.75, 3.05) is 0 Å². The van der Waals surface area contributed by atoms with Crippen molar-refractivity contribution in [2.24, 2.45) is 16.7 Å². The molecule has 0 aliphatic heterocycles. The van der Waals surface area contributed by atoms with Gasteiger partial charge in [-0.1, -0.05) is 41.5 Å². The van der Waals surface area contributed by atoms with Crippen molar-refractivity contribution >= 4 is 0 Å². The van der Waals surface area contributed by atoms with E-state index in [-0.39, 0.29) is 11.3 Å². The maximum atomic E-state index is 9.33. The first-order valence-corrected chi connectivity index (χ1v) is 4.50. The molecule has 0 aliphatic rings. The zero-order chi connectivity index (χ0) is 10.2. The fourth-order valence-electron chi connectivity index (χ4n) is 1.55. The van der Waals surface area contributed by atoms with E-state index in [2.05, 4.69) is 0 Å². The van der Waals surface area contributed by atoms with Crippen LogP contribution in [0.2, 0.25) is 0 Å². The predicted octanol–water partition coefficient (Wildman–Crippen LogP) is 2.01. The van der Waals surface area contributed by atoms with Gasteiger partial charge in [-0.25, -0.2) is 0 Å². The Labute approximate surface area is 75.6 Å². The highest BCUT2D eigenvalue weighted by atomic mass is 16.5. The molecule has 0 radical (unpaired) electrons. The van der Waals surface area contributed by atoms with Gasteiger partial charge in [0, 0.05) is 5.41 Å². The van der Waals surface area contributed by atoms with E-state index in [0.29, 0.717) is 0 Å². The van der Waals surface area contributed by atoms with Gasteiger partial charge in [-0.15, -0.1) is 0 Å². The summed E-state index contributed by atoms with van der Waals surface area (Å²) in [5, 5.41) is 18.7. The average Bonchev–Trinajstić information content (AvgIpc) is 1.82. The molecule has 2 N–H and O–H groups in total. The third-order valence-corrected chi connectivity index (χ3v) is 3.35. The van der Waals surface area contributed by atoms with Crippen LogP contribution in [0.25, 0.3) is 0 Å². The van der Waals surface area contributed by atoms with E-state index in [0.717, 1.165) is 0 Å². The van der Waals surface area contributed by atoms with Crippen LogP contribution in [0.3, 0.4) is 0 Å². The quantitative estimate of drug-likeness (QED) is 0.629. The molecule has 0 heterocycles. The van der Waals surface area contributed by atoms with E-state index in [4.69, 9.17) is 0 Å². The van der Waals surface area contributed by atoms with E-state index in [1.165, 1.54) is 0 Å². The summed E-state index contributed by atoms with van der Waals surface area (Å²) in [6.07, 6.45) is -1.25. The van der Waals surface area contributed by atoms with Gasteiger partial charge in [0.15, 0.2) is 6.29 Å². The lowest BCUT2D eigenvalue weighted by molar-refractivity contribution is -0.188. The zero-order valence-electron chi connectivity index (χ0n) is 9.05. The molecule has 2 nitrogen and oxygen atoms in total. The first kappa shape index (κ1) is 11.9. The minimum atomic E-state index is -1.25. The van der Waals surface area contributed by atoms with Gasteiger partial charge in [0.1, 0.15) is 0 Å². The Morgan fingerprint density at radius 1 is 0.917 bits per heavy atom. The molecule has 0 aromatic heterocycles. The number of rotatable bonds is 2. The normalized spacial score (nSPS) is 18.5. The summed E-state index contributed by atoms with van der Waals surface area (Å²) in [7, 11) is 0. The van der Waals surface area contributed by atoms with E-state index in [9.17, 15) is 10.2 Å². The van der Waals surface area contributed by atoms with Crippen molar-refractivity contribution in [2.45, 2.75) is 47.8 Å². The lowest BCUT2D eigenvalue weighted by Gasteiger charge is -2.46. The third kappa shape index (κ3) is 1.80. The zero-order valence-corrected chi connectivity index (χ0v) is 9.05. The van der Waals surface area contributed by atoms with Crippen LogP contribution < -0.4 is 0 Å². The lowest BCUT2D eigenvalue weighted by Crippen LogP contribution is -2.47. The Kier molecular flexibility index (Phi) is 3.32. The van der Waals surface area contributed by atoms with E-state index >= 15 is 0 Å². The maximum Gasteiger partial charge on any atom is 0.157 e. The molecule has 0 saturated carbocycles. The SMILES string of the molecule is CC(C)C(C)(C(O)O)C(C)(C)C. The van der Waals surface area contributed by atoms with Gasteiger partial charge in [0.2, 0.25) is 0 Å². The van der Waals surface area contributed by atoms with Gasteiger partial charge in [-0.05, 0) is 11.3 Å². The summed E-state index contributed by atoms with van der Waals surface area (Å²) < 4.78 is 0. The minimum Gasteiger partial charge on any atom is -0.368 e. The van der Waals surface area contributed by atoms with Crippen molar-refractivity contribution in [1.29, 1.82) is 0 Å². The fourth-order valence-corrected chi connectivity index (χ4v) is 1.55. The van der Waals surface area contributed by atoms with Crippen LogP contribution in [0.4, 0.5) is 0 Å². The second-order valence-corrected chi connectivity index (χ2v) is 5.06. The number of hydrogen-bond acceptors (Lipinski definition) is 2. The van der Waals surface area contributed by atoms with Gasteiger partial charge in [0.05, 0.1) is 0 Å². The van der Waals surface area contributed by atoms with Gasteiger partial charge in [0.25, 0.3) is 0 Å². The van der Waals surface area contributed by atoms with Crippen LogP contribution >= 0.6 is 0 Å². The number of aliphatic hydroxyl groups is 2. The van der Waals surface area contributed by atoms with E-state index < -0.39 is 11.7 Å². The van der Waals surface area contributed by atoms with Crippen molar-refractivity contribution < 1.29 is 10.2 Å². The molecule has 0 saturated heterocycles. The summed E-state index contributed by atoms with van der Waals surface area (Å²) in [4.78, 5) is 0. The molecule has 0 spiro atoms. The molecule has 1 atom stereocenters. The smallest absolute Gasteiger partial charge is 0.157 e. The monoisotopic (exact) mass is 174 g/mol. The second kappa shape index (κ2) is 3.35. The average molecular weight is 174 g/mol. The lowest BCUT2D eigenvalue weighted by atomic mass is 9.61. The summed E-state index contributed by atoms with van der Waals surface area (Å²) in [6.45, 7) is 12.1. The van der Waals surface area contributed by atoms with Crippen LogP contribution in [0.1, 0.15) is 41.5 Å². The minimum absolute atomic E-state index is 0.102. The van der Waals surface area contributed by atoms with Crippen LogP contribution in [-0.4, -0.2) is 16.5 Å². The predicted molar refractivity (Wildman–Crippen MR) is 50.6 cm³/mol. The van der Waals surface area contributed by atoms with Gasteiger partial charge in [-0.3, -0.25) is 0 Å². The largest absolute Gasteiger partial charge is 0.368 e. The topological polar surface area (TPSA) is 40.5 Å². The molecule has 0 bridgehead atoms. The molecule has 2 heteroatoms.